The van der Waals surface area contributed by atoms with Crippen molar-refractivity contribution in [1.29, 1.82) is 0 Å². The Kier molecular flexibility index (Phi) is 5.23. The van der Waals surface area contributed by atoms with Crippen LogP contribution in [0.3, 0.4) is 0 Å². The Bertz CT molecular complexity index is 814. The number of alkyl halides is 5. The van der Waals surface area contributed by atoms with E-state index in [1.165, 1.54) is 0 Å². The Hall–Kier alpha value is -1.92. The first-order valence-corrected chi connectivity index (χ1v) is 8.88. The summed E-state index contributed by atoms with van der Waals surface area (Å²) in [6.07, 6.45) is -8.04. The first-order valence-electron chi connectivity index (χ1n) is 7.23. The molecule has 0 bridgehead atoms. The van der Waals surface area contributed by atoms with Crippen LogP contribution in [0.25, 0.3) is 0 Å². The monoisotopic (exact) mass is 405 g/mol. The molecule has 1 aliphatic heterocycles. The second-order valence-electron chi connectivity index (χ2n) is 6.27. The molecule has 148 valence electrons. The summed E-state index contributed by atoms with van der Waals surface area (Å²) in [4.78, 5) is 4.94. The van der Waals surface area contributed by atoms with E-state index in [2.05, 4.69) is 15.0 Å². The van der Waals surface area contributed by atoms with Crippen molar-refractivity contribution in [3.05, 3.63) is 11.3 Å². The molecule has 1 aromatic rings. The van der Waals surface area contributed by atoms with E-state index in [9.17, 15) is 30.4 Å². The van der Waals surface area contributed by atoms with Crippen LogP contribution < -0.4 is 4.74 Å². The fourth-order valence-corrected chi connectivity index (χ4v) is 3.79. The lowest BCUT2D eigenvalue weighted by atomic mass is 10.1. The van der Waals surface area contributed by atoms with Gasteiger partial charge < -0.3 is 9.57 Å². The number of halogens is 5. The molecule has 0 aromatic carbocycles. The molecule has 0 saturated heterocycles. The van der Waals surface area contributed by atoms with Crippen molar-refractivity contribution in [2.75, 3.05) is 6.61 Å². The number of sulfone groups is 1. The molecule has 26 heavy (non-hydrogen) atoms. The number of nitrogens with zero attached hydrogens (tertiary/aromatic N) is 3. The standard InChI is InChI=1S/C13H16F5N3O4S/c1-12(2)4-8(20-25-12)26(22,23)5-7-9(10(14)15)19-21(3)11(7)24-6-13(16,17)18/h10H,4-6H2,1-3H3. The molecular weight excluding hydrogens is 389 g/mol. The van der Waals surface area contributed by atoms with Crippen LogP contribution in [0.2, 0.25) is 0 Å². The first-order chi connectivity index (χ1) is 11.7. The van der Waals surface area contributed by atoms with Crippen molar-refractivity contribution in [2.45, 2.75) is 44.2 Å². The third kappa shape index (κ3) is 4.62. The Labute approximate surface area is 145 Å². The molecule has 0 fully saturated rings. The summed E-state index contributed by atoms with van der Waals surface area (Å²) in [5.41, 5.74) is -2.50. The van der Waals surface area contributed by atoms with Gasteiger partial charge in [-0.3, -0.25) is 0 Å². The Morgan fingerprint density at radius 3 is 2.42 bits per heavy atom. The molecule has 0 N–H and O–H groups in total. The van der Waals surface area contributed by atoms with Crippen molar-refractivity contribution >= 4 is 14.9 Å². The molecule has 13 heteroatoms. The lowest BCUT2D eigenvalue weighted by molar-refractivity contribution is -0.154. The molecule has 0 unspecified atom stereocenters. The highest BCUT2D eigenvalue weighted by Crippen LogP contribution is 2.34. The lowest BCUT2D eigenvalue weighted by Crippen LogP contribution is -2.24. The highest BCUT2D eigenvalue weighted by Gasteiger charge is 2.39. The van der Waals surface area contributed by atoms with Crippen LogP contribution in [0, 0.1) is 0 Å². The van der Waals surface area contributed by atoms with E-state index in [1.54, 1.807) is 13.8 Å². The van der Waals surface area contributed by atoms with Gasteiger partial charge in [0.15, 0.2) is 21.5 Å². The molecule has 0 saturated carbocycles. The van der Waals surface area contributed by atoms with Gasteiger partial charge in [0.05, 0.1) is 11.3 Å². The highest BCUT2D eigenvalue weighted by atomic mass is 32.2. The molecule has 0 amide bonds. The predicted molar refractivity (Wildman–Crippen MR) is 79.6 cm³/mol. The van der Waals surface area contributed by atoms with Gasteiger partial charge in [0.2, 0.25) is 5.88 Å². The van der Waals surface area contributed by atoms with Crippen LogP contribution >= 0.6 is 0 Å². The average molecular weight is 405 g/mol. The van der Waals surface area contributed by atoms with Gasteiger partial charge in [-0.2, -0.15) is 18.3 Å². The van der Waals surface area contributed by atoms with E-state index < -0.39 is 57.5 Å². The van der Waals surface area contributed by atoms with Crippen molar-refractivity contribution in [3.63, 3.8) is 0 Å². The number of hydrogen-bond acceptors (Lipinski definition) is 6. The van der Waals surface area contributed by atoms with E-state index in [0.717, 1.165) is 7.05 Å². The third-order valence-electron chi connectivity index (χ3n) is 3.36. The van der Waals surface area contributed by atoms with Gasteiger partial charge in [-0.25, -0.2) is 21.9 Å². The number of hydrogen-bond donors (Lipinski definition) is 0. The van der Waals surface area contributed by atoms with Crippen LogP contribution in [-0.4, -0.2) is 41.6 Å². The Morgan fingerprint density at radius 1 is 1.35 bits per heavy atom. The highest BCUT2D eigenvalue weighted by molar-refractivity contribution is 8.05. The summed E-state index contributed by atoms with van der Waals surface area (Å²) in [6.45, 7) is 1.37. The predicted octanol–water partition coefficient (Wildman–Crippen LogP) is 2.73. The molecular formula is C13H16F5N3O4S. The fraction of sp³-hybridized carbons (Fsp3) is 0.692. The van der Waals surface area contributed by atoms with Crippen molar-refractivity contribution < 1.29 is 39.9 Å². The topological polar surface area (TPSA) is 82.8 Å². The smallest absolute Gasteiger partial charge is 0.422 e. The SMILES string of the molecule is Cn1nc(C(F)F)c(CS(=O)(=O)C2=NOC(C)(C)C2)c1OCC(F)(F)F. The van der Waals surface area contributed by atoms with E-state index in [-0.39, 0.29) is 11.5 Å². The van der Waals surface area contributed by atoms with Crippen LogP contribution in [0.5, 0.6) is 5.88 Å². The van der Waals surface area contributed by atoms with Crippen molar-refractivity contribution in [2.24, 2.45) is 12.2 Å². The molecule has 0 atom stereocenters. The number of aryl methyl sites for hydroxylation is 1. The van der Waals surface area contributed by atoms with E-state index >= 15 is 0 Å². The minimum absolute atomic E-state index is 0.0989. The maximum atomic E-state index is 13.2. The zero-order chi connectivity index (χ0) is 19.9. The minimum atomic E-state index is -4.74. The largest absolute Gasteiger partial charge is 0.468 e. The molecule has 1 aromatic heterocycles. The summed E-state index contributed by atoms with van der Waals surface area (Å²) in [5.74, 6) is -1.73. The lowest BCUT2D eigenvalue weighted by Gasteiger charge is -2.13. The summed E-state index contributed by atoms with van der Waals surface area (Å²) >= 11 is 0. The number of oxime groups is 1. The quantitative estimate of drug-likeness (QED) is 0.704. The zero-order valence-electron chi connectivity index (χ0n) is 14.0. The summed E-state index contributed by atoms with van der Waals surface area (Å²) in [5, 5.41) is 6.45. The van der Waals surface area contributed by atoms with Gasteiger partial charge in [-0.15, -0.1) is 0 Å². The summed E-state index contributed by atoms with van der Waals surface area (Å²) in [6, 6.07) is 0. The van der Waals surface area contributed by atoms with Gasteiger partial charge in [0, 0.05) is 13.5 Å². The first kappa shape index (κ1) is 20.4. The normalized spacial score (nSPS) is 17.3. The molecule has 2 heterocycles. The minimum Gasteiger partial charge on any atom is -0.468 e. The molecule has 0 radical (unpaired) electrons. The number of ether oxygens (including phenoxy) is 1. The molecule has 2 rings (SSSR count). The molecule has 0 spiro atoms. The third-order valence-corrected chi connectivity index (χ3v) is 4.97. The number of aromatic nitrogens is 2. The van der Waals surface area contributed by atoms with Crippen LogP contribution in [0.4, 0.5) is 22.0 Å². The van der Waals surface area contributed by atoms with Gasteiger partial charge in [-0.1, -0.05) is 5.16 Å². The van der Waals surface area contributed by atoms with Crippen LogP contribution in [-0.2, 0) is 27.5 Å². The summed E-state index contributed by atoms with van der Waals surface area (Å²) in [7, 11) is -3.15. The van der Waals surface area contributed by atoms with Gasteiger partial charge in [-0.05, 0) is 13.8 Å². The second-order valence-corrected chi connectivity index (χ2v) is 8.26. The van der Waals surface area contributed by atoms with Gasteiger partial charge in [0.25, 0.3) is 6.43 Å². The van der Waals surface area contributed by atoms with Crippen molar-refractivity contribution in [1.82, 2.24) is 9.78 Å². The van der Waals surface area contributed by atoms with Gasteiger partial charge >= 0.3 is 6.18 Å². The Morgan fingerprint density at radius 2 is 1.96 bits per heavy atom. The maximum absolute atomic E-state index is 13.2. The molecule has 1 aliphatic rings. The number of rotatable bonds is 5. The van der Waals surface area contributed by atoms with E-state index in [4.69, 9.17) is 4.84 Å². The average Bonchev–Trinajstić information content (AvgIpc) is 2.96. The zero-order valence-corrected chi connectivity index (χ0v) is 14.8. The Balaban J connectivity index is 2.38. The van der Waals surface area contributed by atoms with Gasteiger partial charge in [0.1, 0.15) is 11.3 Å². The van der Waals surface area contributed by atoms with E-state index in [0.29, 0.717) is 4.68 Å². The van der Waals surface area contributed by atoms with Crippen molar-refractivity contribution in [3.8, 4) is 5.88 Å². The second kappa shape index (κ2) is 6.67. The van der Waals surface area contributed by atoms with E-state index in [1.807, 2.05) is 0 Å². The van der Waals surface area contributed by atoms with Crippen LogP contribution in [0.1, 0.15) is 38.0 Å². The molecule has 0 aliphatic carbocycles. The van der Waals surface area contributed by atoms with Crippen LogP contribution in [0.15, 0.2) is 5.16 Å². The molecule has 7 nitrogen and oxygen atoms in total. The summed E-state index contributed by atoms with van der Waals surface area (Å²) < 4.78 is 93.6. The fourth-order valence-electron chi connectivity index (χ4n) is 2.26. The maximum Gasteiger partial charge on any atom is 0.422 e.